The molecule has 0 saturated carbocycles. The van der Waals surface area contributed by atoms with Crippen molar-refractivity contribution < 1.29 is 17.9 Å². The van der Waals surface area contributed by atoms with Crippen LogP contribution in [0.1, 0.15) is 17.3 Å². The van der Waals surface area contributed by atoms with E-state index in [0.717, 1.165) is 17.4 Å². The number of benzene rings is 1. The Morgan fingerprint density at radius 1 is 1.39 bits per heavy atom. The number of ether oxygens (including phenoxy) is 1. The van der Waals surface area contributed by atoms with Gasteiger partial charge in [0.15, 0.2) is 0 Å². The molecule has 1 fully saturated rings. The summed E-state index contributed by atoms with van der Waals surface area (Å²) in [7, 11) is 0.604. The number of hydrogen-bond donors (Lipinski definition) is 1. The van der Waals surface area contributed by atoms with Crippen LogP contribution in [0.2, 0.25) is 0 Å². The Bertz CT molecular complexity index is 688. The summed E-state index contributed by atoms with van der Waals surface area (Å²) >= 11 is 0. The average Bonchev–Trinajstić information content (AvgIpc) is 2.53. The summed E-state index contributed by atoms with van der Waals surface area (Å²) in [5.41, 5.74) is 0.347. The van der Waals surface area contributed by atoms with E-state index in [1.54, 1.807) is 11.0 Å². The Labute approximate surface area is 137 Å². The molecule has 0 spiro atoms. The Kier molecular flexibility index (Phi) is 5.28. The zero-order chi connectivity index (χ0) is 17.2. The van der Waals surface area contributed by atoms with Gasteiger partial charge >= 0.3 is 0 Å². The smallest absolute Gasteiger partial charge is 0.254 e. The summed E-state index contributed by atoms with van der Waals surface area (Å²) < 4.78 is 31.1. The standard InChI is InChI=1S/C15H23N3O4S/c1-11-10-16-7-8-18(11)15(19)12-5-6-13(22-4)14(9-12)23(20,21)17(2)3/h5-6,9,11,16H,7-8,10H2,1-4H3. The van der Waals surface area contributed by atoms with E-state index >= 15 is 0 Å². The molecular formula is C15H23N3O4S. The molecule has 1 unspecified atom stereocenters. The lowest BCUT2D eigenvalue weighted by Gasteiger charge is -2.34. The first-order valence-electron chi connectivity index (χ1n) is 7.41. The van der Waals surface area contributed by atoms with E-state index in [4.69, 9.17) is 4.74 Å². The molecule has 0 aliphatic carbocycles. The molecule has 2 rings (SSSR count). The molecule has 128 valence electrons. The van der Waals surface area contributed by atoms with Gasteiger partial charge in [-0.25, -0.2) is 12.7 Å². The molecular weight excluding hydrogens is 318 g/mol. The van der Waals surface area contributed by atoms with Crippen LogP contribution in [0.4, 0.5) is 0 Å². The van der Waals surface area contributed by atoms with Gasteiger partial charge in [-0.15, -0.1) is 0 Å². The quantitative estimate of drug-likeness (QED) is 0.856. The second kappa shape index (κ2) is 6.86. The number of piperazine rings is 1. The number of rotatable bonds is 4. The Morgan fingerprint density at radius 2 is 2.09 bits per heavy atom. The molecule has 8 heteroatoms. The fourth-order valence-corrected chi connectivity index (χ4v) is 3.59. The van der Waals surface area contributed by atoms with Crippen molar-refractivity contribution in [1.29, 1.82) is 0 Å². The molecule has 1 atom stereocenters. The third kappa shape index (κ3) is 3.49. The molecule has 1 aliphatic heterocycles. The summed E-state index contributed by atoms with van der Waals surface area (Å²) in [6.45, 7) is 4.02. The van der Waals surface area contributed by atoms with Gasteiger partial charge in [-0.1, -0.05) is 0 Å². The molecule has 1 aromatic rings. The largest absolute Gasteiger partial charge is 0.495 e. The number of nitrogens with one attached hydrogen (secondary N) is 1. The molecule has 1 heterocycles. The van der Waals surface area contributed by atoms with Crippen molar-refractivity contribution in [3.8, 4) is 5.75 Å². The third-order valence-electron chi connectivity index (χ3n) is 3.93. The van der Waals surface area contributed by atoms with Crippen LogP contribution in [0.25, 0.3) is 0 Å². The number of carbonyl (C=O) groups excluding carboxylic acids is 1. The highest BCUT2D eigenvalue weighted by atomic mass is 32.2. The Morgan fingerprint density at radius 3 is 2.65 bits per heavy atom. The molecule has 1 saturated heterocycles. The first-order chi connectivity index (χ1) is 10.8. The van der Waals surface area contributed by atoms with Gasteiger partial charge < -0.3 is 15.0 Å². The molecule has 1 N–H and O–H groups in total. The summed E-state index contributed by atoms with van der Waals surface area (Å²) in [5, 5.41) is 3.22. The molecule has 0 aromatic heterocycles. The minimum Gasteiger partial charge on any atom is -0.495 e. The zero-order valence-corrected chi connectivity index (χ0v) is 14.7. The lowest BCUT2D eigenvalue weighted by molar-refractivity contribution is 0.0655. The predicted octanol–water partition coefficient (Wildman–Crippen LogP) is 0.379. The van der Waals surface area contributed by atoms with E-state index in [-0.39, 0.29) is 22.6 Å². The molecule has 1 aromatic carbocycles. The first kappa shape index (κ1) is 17.7. The summed E-state index contributed by atoms with van der Waals surface area (Å²) in [5.74, 6) is 0.0560. The lowest BCUT2D eigenvalue weighted by Crippen LogP contribution is -2.52. The fourth-order valence-electron chi connectivity index (χ4n) is 2.52. The van der Waals surface area contributed by atoms with Crippen LogP contribution >= 0.6 is 0 Å². The van der Waals surface area contributed by atoms with Crippen LogP contribution in [0.3, 0.4) is 0 Å². The Balaban J connectivity index is 2.43. The molecule has 23 heavy (non-hydrogen) atoms. The predicted molar refractivity (Wildman–Crippen MR) is 87.2 cm³/mol. The van der Waals surface area contributed by atoms with Gasteiger partial charge in [-0.2, -0.15) is 0 Å². The van der Waals surface area contributed by atoms with Gasteiger partial charge in [-0.3, -0.25) is 4.79 Å². The van der Waals surface area contributed by atoms with E-state index in [1.165, 1.54) is 33.3 Å². The van der Waals surface area contributed by atoms with Gasteiger partial charge in [0.2, 0.25) is 10.0 Å². The minimum atomic E-state index is -3.69. The average molecular weight is 341 g/mol. The van der Waals surface area contributed by atoms with Crippen LogP contribution in [0.15, 0.2) is 23.1 Å². The van der Waals surface area contributed by atoms with Crippen LogP contribution in [-0.2, 0) is 10.0 Å². The van der Waals surface area contributed by atoms with Gasteiger partial charge in [-0.05, 0) is 25.1 Å². The third-order valence-corrected chi connectivity index (χ3v) is 5.77. The van der Waals surface area contributed by atoms with Crippen molar-refractivity contribution in [2.24, 2.45) is 0 Å². The van der Waals surface area contributed by atoms with E-state index in [1.807, 2.05) is 6.92 Å². The van der Waals surface area contributed by atoms with Gasteiger partial charge in [0, 0.05) is 45.3 Å². The van der Waals surface area contributed by atoms with Crippen molar-refractivity contribution in [3.05, 3.63) is 23.8 Å². The summed E-state index contributed by atoms with van der Waals surface area (Å²) in [6.07, 6.45) is 0. The maximum absolute atomic E-state index is 12.7. The van der Waals surface area contributed by atoms with E-state index < -0.39 is 10.0 Å². The van der Waals surface area contributed by atoms with Gasteiger partial charge in [0.25, 0.3) is 5.91 Å². The highest BCUT2D eigenvalue weighted by molar-refractivity contribution is 7.89. The van der Waals surface area contributed by atoms with Crippen LogP contribution < -0.4 is 10.1 Å². The topological polar surface area (TPSA) is 79.0 Å². The maximum atomic E-state index is 12.7. The highest BCUT2D eigenvalue weighted by Gasteiger charge is 2.27. The lowest BCUT2D eigenvalue weighted by atomic mass is 10.1. The van der Waals surface area contributed by atoms with E-state index in [9.17, 15) is 13.2 Å². The SMILES string of the molecule is COc1ccc(C(=O)N2CCNCC2C)cc1S(=O)(=O)N(C)C. The molecule has 0 bridgehead atoms. The first-order valence-corrected chi connectivity index (χ1v) is 8.85. The molecule has 7 nitrogen and oxygen atoms in total. The normalized spacial score (nSPS) is 19.0. The second-order valence-corrected chi connectivity index (χ2v) is 7.83. The van der Waals surface area contributed by atoms with Crippen LogP contribution in [0.5, 0.6) is 5.75 Å². The van der Waals surface area contributed by atoms with Crippen molar-refractivity contribution >= 4 is 15.9 Å². The molecule has 0 radical (unpaired) electrons. The zero-order valence-electron chi connectivity index (χ0n) is 13.9. The number of nitrogens with zero attached hydrogens (tertiary/aromatic N) is 2. The van der Waals surface area contributed by atoms with Crippen molar-refractivity contribution in [2.75, 3.05) is 40.8 Å². The van der Waals surface area contributed by atoms with Crippen molar-refractivity contribution in [1.82, 2.24) is 14.5 Å². The number of carbonyl (C=O) groups is 1. The van der Waals surface area contributed by atoms with Crippen molar-refractivity contribution in [2.45, 2.75) is 17.9 Å². The molecule has 1 amide bonds. The fraction of sp³-hybridized carbons (Fsp3) is 0.533. The Hall–Kier alpha value is -1.64. The number of methoxy groups -OCH3 is 1. The number of hydrogen-bond acceptors (Lipinski definition) is 5. The second-order valence-electron chi connectivity index (χ2n) is 5.70. The highest BCUT2D eigenvalue weighted by Crippen LogP contribution is 2.27. The maximum Gasteiger partial charge on any atom is 0.254 e. The molecule has 1 aliphatic rings. The van der Waals surface area contributed by atoms with Crippen LogP contribution in [-0.4, -0.2) is 70.4 Å². The van der Waals surface area contributed by atoms with E-state index in [2.05, 4.69) is 5.32 Å². The van der Waals surface area contributed by atoms with Gasteiger partial charge in [0.1, 0.15) is 10.6 Å². The minimum absolute atomic E-state index is 0.00126. The monoisotopic (exact) mass is 341 g/mol. The van der Waals surface area contributed by atoms with Crippen LogP contribution in [0, 0.1) is 0 Å². The number of sulfonamides is 1. The van der Waals surface area contributed by atoms with Gasteiger partial charge in [0.05, 0.1) is 7.11 Å². The summed E-state index contributed by atoms with van der Waals surface area (Å²) in [4.78, 5) is 14.5. The van der Waals surface area contributed by atoms with E-state index in [0.29, 0.717) is 12.1 Å². The van der Waals surface area contributed by atoms with Crippen molar-refractivity contribution in [3.63, 3.8) is 0 Å². The number of amides is 1. The summed E-state index contributed by atoms with van der Waals surface area (Å²) in [6, 6.07) is 4.58.